The highest BCUT2D eigenvalue weighted by Gasteiger charge is 2.09. The summed E-state index contributed by atoms with van der Waals surface area (Å²) < 4.78 is 5.09. The molecule has 0 spiro atoms. The van der Waals surface area contributed by atoms with Gasteiger partial charge in [0, 0.05) is 23.2 Å². The number of pyridine rings is 1. The number of thiophene rings is 1. The number of likely N-dealkylation sites (N-methyl/N-ethyl adjacent to an activating group) is 1. The van der Waals surface area contributed by atoms with Crippen LogP contribution in [0, 0.1) is 0 Å². The number of nitrogens with zero attached hydrogens (tertiary/aromatic N) is 1. The lowest BCUT2D eigenvalue weighted by molar-refractivity contribution is 0.397. The van der Waals surface area contributed by atoms with Gasteiger partial charge in [0.15, 0.2) is 0 Å². The molecule has 0 saturated heterocycles. The number of ether oxygens (including phenoxy) is 1. The van der Waals surface area contributed by atoms with Gasteiger partial charge in [0.05, 0.1) is 7.11 Å². The van der Waals surface area contributed by atoms with Gasteiger partial charge in [-0.15, -0.1) is 11.3 Å². The van der Waals surface area contributed by atoms with Gasteiger partial charge < -0.3 is 10.1 Å². The molecule has 0 saturated carbocycles. The SMILES string of the molecule is CCNC(CCc1cccs1)Cc1ccc(OC)nc1. The lowest BCUT2D eigenvalue weighted by atomic mass is 10.0. The molecule has 4 heteroatoms. The van der Waals surface area contributed by atoms with Crippen molar-refractivity contribution in [2.24, 2.45) is 0 Å². The van der Waals surface area contributed by atoms with Gasteiger partial charge in [-0.05, 0) is 42.8 Å². The zero-order valence-corrected chi connectivity index (χ0v) is 13.0. The van der Waals surface area contributed by atoms with Crippen molar-refractivity contribution >= 4 is 11.3 Å². The van der Waals surface area contributed by atoms with E-state index in [0.717, 1.165) is 25.8 Å². The van der Waals surface area contributed by atoms with Crippen molar-refractivity contribution in [2.75, 3.05) is 13.7 Å². The molecule has 0 fully saturated rings. The summed E-state index contributed by atoms with van der Waals surface area (Å²) in [5.41, 5.74) is 1.25. The molecule has 0 aliphatic rings. The molecular weight excluding hydrogens is 268 g/mol. The van der Waals surface area contributed by atoms with Crippen molar-refractivity contribution in [3.05, 3.63) is 46.3 Å². The average Bonchev–Trinajstić information content (AvgIpc) is 2.99. The lowest BCUT2D eigenvalue weighted by Gasteiger charge is -2.17. The first-order valence-corrected chi connectivity index (χ1v) is 7.94. The summed E-state index contributed by atoms with van der Waals surface area (Å²) in [4.78, 5) is 5.73. The molecule has 0 aliphatic carbocycles. The van der Waals surface area contributed by atoms with Crippen molar-refractivity contribution in [3.63, 3.8) is 0 Å². The molecule has 2 heterocycles. The van der Waals surface area contributed by atoms with Crippen LogP contribution in [0.1, 0.15) is 23.8 Å². The molecule has 1 atom stereocenters. The molecule has 0 amide bonds. The lowest BCUT2D eigenvalue weighted by Crippen LogP contribution is -2.31. The summed E-state index contributed by atoms with van der Waals surface area (Å²) in [6.45, 7) is 3.16. The van der Waals surface area contributed by atoms with Crippen LogP contribution in [0.2, 0.25) is 0 Å². The number of methoxy groups -OCH3 is 1. The molecule has 20 heavy (non-hydrogen) atoms. The first kappa shape index (κ1) is 15.0. The fourth-order valence-electron chi connectivity index (χ4n) is 2.27. The Bertz CT molecular complexity index is 482. The van der Waals surface area contributed by atoms with E-state index in [-0.39, 0.29) is 0 Å². The Hall–Kier alpha value is -1.39. The fraction of sp³-hybridized carbons (Fsp3) is 0.438. The molecule has 1 N–H and O–H groups in total. The number of aromatic nitrogens is 1. The van der Waals surface area contributed by atoms with Gasteiger partial charge in [0.25, 0.3) is 0 Å². The zero-order chi connectivity index (χ0) is 14.2. The monoisotopic (exact) mass is 290 g/mol. The first-order chi connectivity index (χ1) is 9.81. The van der Waals surface area contributed by atoms with E-state index in [1.165, 1.54) is 10.4 Å². The second kappa shape index (κ2) is 8.02. The molecule has 0 aromatic carbocycles. The number of hydrogen-bond donors (Lipinski definition) is 1. The molecule has 2 rings (SSSR count). The third-order valence-corrected chi connectivity index (χ3v) is 4.24. The van der Waals surface area contributed by atoms with Gasteiger partial charge in [-0.1, -0.05) is 19.1 Å². The fourth-order valence-corrected chi connectivity index (χ4v) is 3.00. The van der Waals surface area contributed by atoms with E-state index >= 15 is 0 Å². The van der Waals surface area contributed by atoms with Crippen LogP contribution in [0.25, 0.3) is 0 Å². The molecule has 0 radical (unpaired) electrons. The molecule has 2 aromatic rings. The minimum Gasteiger partial charge on any atom is -0.481 e. The standard InChI is InChI=1S/C16H22N2OS/c1-3-17-14(7-8-15-5-4-10-20-15)11-13-6-9-16(19-2)18-12-13/h4-6,9-10,12,14,17H,3,7-8,11H2,1-2H3. The van der Waals surface area contributed by atoms with E-state index in [2.05, 4.69) is 40.8 Å². The maximum atomic E-state index is 5.09. The van der Waals surface area contributed by atoms with Gasteiger partial charge in [0.1, 0.15) is 0 Å². The van der Waals surface area contributed by atoms with E-state index in [4.69, 9.17) is 4.74 Å². The predicted molar refractivity (Wildman–Crippen MR) is 84.6 cm³/mol. The van der Waals surface area contributed by atoms with Gasteiger partial charge >= 0.3 is 0 Å². The summed E-state index contributed by atoms with van der Waals surface area (Å²) in [6.07, 6.45) is 5.21. The third kappa shape index (κ3) is 4.62. The Morgan fingerprint density at radius 2 is 2.25 bits per heavy atom. The van der Waals surface area contributed by atoms with Crippen molar-refractivity contribution < 1.29 is 4.74 Å². The highest BCUT2D eigenvalue weighted by Crippen LogP contribution is 2.15. The second-order valence-corrected chi connectivity index (χ2v) is 5.82. The quantitative estimate of drug-likeness (QED) is 0.810. The summed E-state index contributed by atoms with van der Waals surface area (Å²) in [6, 6.07) is 8.86. The Kier molecular flexibility index (Phi) is 6.02. The third-order valence-electron chi connectivity index (χ3n) is 3.30. The second-order valence-electron chi connectivity index (χ2n) is 4.79. The van der Waals surface area contributed by atoms with Crippen LogP contribution in [0.15, 0.2) is 35.8 Å². The normalized spacial score (nSPS) is 12.3. The van der Waals surface area contributed by atoms with Crippen molar-refractivity contribution in [2.45, 2.75) is 32.2 Å². The number of nitrogens with one attached hydrogen (secondary N) is 1. The Morgan fingerprint density at radius 3 is 2.85 bits per heavy atom. The smallest absolute Gasteiger partial charge is 0.212 e. The highest BCUT2D eigenvalue weighted by molar-refractivity contribution is 7.09. The summed E-state index contributed by atoms with van der Waals surface area (Å²) in [7, 11) is 1.64. The van der Waals surface area contributed by atoms with Crippen LogP contribution in [-0.2, 0) is 12.8 Å². The molecular formula is C16H22N2OS. The summed E-state index contributed by atoms with van der Waals surface area (Å²) >= 11 is 1.84. The molecule has 0 aliphatic heterocycles. The van der Waals surface area contributed by atoms with Crippen molar-refractivity contribution in [1.82, 2.24) is 10.3 Å². The number of aryl methyl sites for hydroxylation is 1. The minimum absolute atomic E-state index is 0.497. The number of rotatable bonds is 8. The van der Waals surface area contributed by atoms with Crippen LogP contribution in [0.5, 0.6) is 5.88 Å². The largest absolute Gasteiger partial charge is 0.481 e. The highest BCUT2D eigenvalue weighted by atomic mass is 32.1. The molecule has 3 nitrogen and oxygen atoms in total. The van der Waals surface area contributed by atoms with Gasteiger partial charge in [0.2, 0.25) is 5.88 Å². The van der Waals surface area contributed by atoms with Gasteiger partial charge in [-0.25, -0.2) is 4.98 Å². The average molecular weight is 290 g/mol. The van der Waals surface area contributed by atoms with Crippen LogP contribution in [-0.4, -0.2) is 24.7 Å². The molecule has 0 bridgehead atoms. The summed E-state index contributed by atoms with van der Waals surface area (Å²) in [5.74, 6) is 0.673. The Labute approximate surface area is 125 Å². The minimum atomic E-state index is 0.497. The van der Waals surface area contributed by atoms with Crippen LogP contribution in [0.3, 0.4) is 0 Å². The van der Waals surface area contributed by atoms with Crippen LogP contribution >= 0.6 is 11.3 Å². The van der Waals surface area contributed by atoms with Crippen molar-refractivity contribution in [3.8, 4) is 5.88 Å². The maximum absolute atomic E-state index is 5.09. The summed E-state index contributed by atoms with van der Waals surface area (Å²) in [5, 5.41) is 5.71. The first-order valence-electron chi connectivity index (χ1n) is 7.06. The Balaban J connectivity index is 1.90. The van der Waals surface area contributed by atoms with E-state index in [0.29, 0.717) is 11.9 Å². The maximum Gasteiger partial charge on any atom is 0.212 e. The van der Waals surface area contributed by atoms with Crippen molar-refractivity contribution in [1.29, 1.82) is 0 Å². The van der Waals surface area contributed by atoms with Gasteiger partial charge in [-0.3, -0.25) is 0 Å². The predicted octanol–water partition coefficient (Wildman–Crippen LogP) is 3.31. The van der Waals surface area contributed by atoms with E-state index in [1.54, 1.807) is 7.11 Å². The van der Waals surface area contributed by atoms with E-state index in [9.17, 15) is 0 Å². The topological polar surface area (TPSA) is 34.1 Å². The molecule has 1 unspecified atom stereocenters. The van der Waals surface area contributed by atoms with Crippen LogP contribution < -0.4 is 10.1 Å². The Morgan fingerprint density at radius 1 is 1.35 bits per heavy atom. The molecule has 2 aromatic heterocycles. The van der Waals surface area contributed by atoms with E-state index < -0.39 is 0 Å². The zero-order valence-electron chi connectivity index (χ0n) is 12.1. The molecule has 108 valence electrons. The van der Waals surface area contributed by atoms with Crippen LogP contribution in [0.4, 0.5) is 0 Å². The number of hydrogen-bond acceptors (Lipinski definition) is 4. The van der Waals surface area contributed by atoms with Gasteiger partial charge in [-0.2, -0.15) is 0 Å². The van der Waals surface area contributed by atoms with E-state index in [1.807, 2.05) is 23.6 Å².